The van der Waals surface area contributed by atoms with Crippen LogP contribution in [0.3, 0.4) is 0 Å². The van der Waals surface area contributed by atoms with Crippen molar-refractivity contribution in [2.24, 2.45) is 0 Å². The Morgan fingerprint density at radius 2 is 2.04 bits per heavy atom. The highest BCUT2D eigenvalue weighted by molar-refractivity contribution is 7.99. The molecule has 1 amide bonds. The van der Waals surface area contributed by atoms with Gasteiger partial charge in [0.1, 0.15) is 0 Å². The second kappa shape index (κ2) is 8.67. The fourth-order valence-corrected chi connectivity index (χ4v) is 4.03. The molecule has 8 heteroatoms. The average molecular weight is 380 g/mol. The molecule has 3 rings (SSSR count). The Morgan fingerprint density at radius 3 is 2.76 bits per heavy atom. The summed E-state index contributed by atoms with van der Waals surface area (Å²) in [5, 5.41) is 12.8. The Labute approximate surface area is 156 Å². The van der Waals surface area contributed by atoms with Gasteiger partial charge < -0.3 is 4.90 Å². The molecular weight excluding hydrogens is 358 g/mol. The first-order chi connectivity index (χ1) is 12.1. The molecule has 0 saturated heterocycles. The van der Waals surface area contributed by atoms with Gasteiger partial charge in [0.2, 0.25) is 5.91 Å². The molecule has 0 atom stereocenters. The Kier molecular flexibility index (Phi) is 6.31. The number of aromatic nitrogens is 4. The van der Waals surface area contributed by atoms with Crippen LogP contribution in [0.2, 0.25) is 5.02 Å². The van der Waals surface area contributed by atoms with Crippen molar-refractivity contribution >= 4 is 29.3 Å². The van der Waals surface area contributed by atoms with Gasteiger partial charge in [0.05, 0.1) is 17.5 Å². The van der Waals surface area contributed by atoms with Crippen molar-refractivity contribution in [2.45, 2.75) is 44.0 Å². The molecule has 0 aliphatic heterocycles. The highest BCUT2D eigenvalue weighted by Gasteiger charge is 2.21. The van der Waals surface area contributed by atoms with Crippen molar-refractivity contribution in [3.63, 3.8) is 0 Å². The zero-order chi connectivity index (χ0) is 17.6. The number of carbonyl (C=O) groups is 1. The summed E-state index contributed by atoms with van der Waals surface area (Å²) in [6.45, 7) is 0.580. The number of nitrogens with zero attached hydrogens (tertiary/aromatic N) is 5. The van der Waals surface area contributed by atoms with Gasteiger partial charge in [0.25, 0.3) is 0 Å². The molecule has 1 aromatic heterocycles. The quantitative estimate of drug-likeness (QED) is 0.738. The monoisotopic (exact) mass is 379 g/mol. The maximum Gasteiger partial charge on any atom is 0.232 e. The van der Waals surface area contributed by atoms with E-state index in [-0.39, 0.29) is 5.91 Å². The van der Waals surface area contributed by atoms with E-state index >= 15 is 0 Å². The highest BCUT2D eigenvalue weighted by atomic mass is 35.5. The van der Waals surface area contributed by atoms with E-state index in [0.717, 1.165) is 24.2 Å². The second-order valence-corrected chi connectivity index (χ2v) is 7.77. The molecule has 0 N–H and O–H groups in total. The van der Waals surface area contributed by atoms with Crippen molar-refractivity contribution in [3.8, 4) is 0 Å². The summed E-state index contributed by atoms with van der Waals surface area (Å²) in [7, 11) is 1.82. The number of tetrazole rings is 1. The van der Waals surface area contributed by atoms with E-state index in [0.29, 0.717) is 29.1 Å². The van der Waals surface area contributed by atoms with E-state index in [2.05, 4.69) is 15.5 Å². The first kappa shape index (κ1) is 18.2. The largest absolute Gasteiger partial charge is 0.341 e. The molecule has 1 aliphatic carbocycles. The van der Waals surface area contributed by atoms with Crippen LogP contribution in [0.5, 0.6) is 0 Å². The number of halogens is 1. The lowest BCUT2D eigenvalue weighted by Gasteiger charge is -2.17. The van der Waals surface area contributed by atoms with Gasteiger partial charge in [-0.15, -0.1) is 16.9 Å². The molecule has 2 aromatic rings. The van der Waals surface area contributed by atoms with Crippen LogP contribution in [0.1, 0.15) is 43.1 Å². The Balaban J connectivity index is 1.46. The number of hydrogen-bond donors (Lipinski definition) is 0. The van der Waals surface area contributed by atoms with Crippen molar-refractivity contribution in [2.75, 3.05) is 12.8 Å². The van der Waals surface area contributed by atoms with Crippen LogP contribution in [-0.2, 0) is 17.1 Å². The lowest BCUT2D eigenvalue weighted by atomic mass is 10.2. The number of rotatable bonds is 7. The number of hydrogen-bond acceptors (Lipinski definition) is 5. The van der Waals surface area contributed by atoms with Crippen LogP contribution < -0.4 is 0 Å². The predicted molar refractivity (Wildman–Crippen MR) is 99.4 cm³/mol. The standard InChI is InChI=1S/C17H22ClN5OS/c1-22(10-13-6-8-14(18)9-7-13)17(24)12-25-11-16-19-20-21-23(16)15-4-2-3-5-15/h6-9,15H,2-5,10-12H2,1H3. The van der Waals surface area contributed by atoms with Crippen LogP contribution in [0.4, 0.5) is 0 Å². The topological polar surface area (TPSA) is 63.9 Å². The van der Waals surface area contributed by atoms with Crippen LogP contribution in [-0.4, -0.2) is 43.8 Å². The molecule has 6 nitrogen and oxygen atoms in total. The maximum atomic E-state index is 12.3. The molecule has 0 unspecified atom stereocenters. The van der Waals surface area contributed by atoms with E-state index in [1.165, 1.54) is 12.8 Å². The fourth-order valence-electron chi connectivity index (χ4n) is 3.03. The van der Waals surface area contributed by atoms with Gasteiger partial charge in [0.15, 0.2) is 5.82 Å². The van der Waals surface area contributed by atoms with Gasteiger partial charge >= 0.3 is 0 Å². The van der Waals surface area contributed by atoms with Gasteiger partial charge in [-0.3, -0.25) is 4.79 Å². The van der Waals surface area contributed by atoms with E-state index in [1.54, 1.807) is 16.7 Å². The summed E-state index contributed by atoms with van der Waals surface area (Å²) < 4.78 is 1.95. The van der Waals surface area contributed by atoms with Crippen molar-refractivity contribution < 1.29 is 4.79 Å². The van der Waals surface area contributed by atoms with Gasteiger partial charge in [0, 0.05) is 18.6 Å². The van der Waals surface area contributed by atoms with Gasteiger partial charge in [-0.05, 0) is 41.0 Å². The summed E-state index contributed by atoms with van der Waals surface area (Å²) in [4.78, 5) is 14.0. The molecule has 1 saturated carbocycles. The molecule has 1 aromatic carbocycles. The molecular formula is C17H22ClN5OS. The Bertz CT molecular complexity index is 699. The number of amides is 1. The molecule has 0 bridgehead atoms. The fraction of sp³-hybridized carbons (Fsp3) is 0.529. The van der Waals surface area contributed by atoms with Crippen LogP contribution >= 0.6 is 23.4 Å². The third-order valence-corrected chi connectivity index (χ3v) is 5.61. The second-order valence-electron chi connectivity index (χ2n) is 6.35. The molecule has 0 radical (unpaired) electrons. The third-order valence-electron chi connectivity index (χ3n) is 4.45. The van der Waals surface area contributed by atoms with Gasteiger partial charge in [-0.1, -0.05) is 36.6 Å². The van der Waals surface area contributed by atoms with Crippen LogP contribution in [0, 0.1) is 0 Å². The van der Waals surface area contributed by atoms with Crippen molar-refractivity contribution in [1.29, 1.82) is 0 Å². The Hall–Kier alpha value is -1.60. The molecule has 25 heavy (non-hydrogen) atoms. The first-order valence-electron chi connectivity index (χ1n) is 8.46. The van der Waals surface area contributed by atoms with Crippen LogP contribution in [0.25, 0.3) is 0 Å². The van der Waals surface area contributed by atoms with E-state index in [4.69, 9.17) is 11.6 Å². The molecule has 1 heterocycles. The zero-order valence-corrected chi connectivity index (χ0v) is 15.8. The lowest BCUT2D eigenvalue weighted by molar-refractivity contribution is -0.127. The van der Waals surface area contributed by atoms with E-state index < -0.39 is 0 Å². The summed E-state index contributed by atoms with van der Waals surface area (Å²) in [5.74, 6) is 2.04. The van der Waals surface area contributed by atoms with Gasteiger partial charge in [-0.25, -0.2) is 4.68 Å². The summed E-state index contributed by atoms with van der Waals surface area (Å²) >= 11 is 7.44. The summed E-state index contributed by atoms with van der Waals surface area (Å²) in [6.07, 6.45) is 4.77. The predicted octanol–water partition coefficient (Wildman–Crippen LogP) is 3.33. The minimum Gasteiger partial charge on any atom is -0.341 e. The smallest absolute Gasteiger partial charge is 0.232 e. The number of carbonyl (C=O) groups excluding carboxylic acids is 1. The number of benzene rings is 1. The molecule has 1 fully saturated rings. The minimum absolute atomic E-state index is 0.0971. The Morgan fingerprint density at radius 1 is 1.32 bits per heavy atom. The van der Waals surface area contributed by atoms with E-state index in [9.17, 15) is 4.79 Å². The summed E-state index contributed by atoms with van der Waals surface area (Å²) in [6, 6.07) is 7.98. The molecule has 1 aliphatic rings. The highest BCUT2D eigenvalue weighted by Crippen LogP contribution is 2.29. The molecule has 0 spiro atoms. The molecule has 134 valence electrons. The normalized spacial score (nSPS) is 14.8. The van der Waals surface area contributed by atoms with Crippen molar-refractivity contribution in [3.05, 3.63) is 40.7 Å². The first-order valence-corrected chi connectivity index (χ1v) is 9.99. The summed E-state index contributed by atoms with van der Waals surface area (Å²) in [5.41, 5.74) is 1.07. The van der Waals surface area contributed by atoms with E-state index in [1.807, 2.05) is 36.0 Å². The van der Waals surface area contributed by atoms with Crippen LogP contribution in [0.15, 0.2) is 24.3 Å². The third kappa shape index (κ3) is 4.95. The zero-order valence-electron chi connectivity index (χ0n) is 14.3. The lowest BCUT2D eigenvalue weighted by Crippen LogP contribution is -2.27. The number of thioether (sulfide) groups is 1. The maximum absolute atomic E-state index is 12.3. The minimum atomic E-state index is 0.0971. The SMILES string of the molecule is CN(Cc1ccc(Cl)cc1)C(=O)CSCc1nnnn1C1CCCC1. The average Bonchev–Trinajstić information content (AvgIpc) is 3.27. The van der Waals surface area contributed by atoms with Gasteiger partial charge in [-0.2, -0.15) is 0 Å². The van der Waals surface area contributed by atoms with Crippen molar-refractivity contribution in [1.82, 2.24) is 25.1 Å².